The first-order valence-corrected chi connectivity index (χ1v) is 8.29. The van der Waals surface area contributed by atoms with E-state index in [9.17, 15) is 28.4 Å². The van der Waals surface area contributed by atoms with E-state index in [-0.39, 0.29) is 18.4 Å². The van der Waals surface area contributed by atoms with Gasteiger partial charge in [0.1, 0.15) is 11.9 Å². The molecule has 2 aliphatic heterocycles. The third-order valence-electron chi connectivity index (χ3n) is 4.34. The molecule has 0 saturated carbocycles. The fourth-order valence-corrected chi connectivity index (χ4v) is 2.84. The van der Waals surface area contributed by atoms with Crippen LogP contribution in [0, 0.1) is 11.2 Å². The van der Waals surface area contributed by atoms with Gasteiger partial charge in [0, 0.05) is 6.42 Å². The number of hydroxylamine groups is 2. The van der Waals surface area contributed by atoms with Gasteiger partial charge in [-0.1, -0.05) is 6.07 Å². The molecule has 1 aromatic rings. The number of carbonyl (C=O) groups is 5. The number of carbonyl (C=O) groups excluding carboxylic acids is 5. The number of halogens is 1. The van der Waals surface area contributed by atoms with Gasteiger partial charge in [-0.15, -0.1) is 5.06 Å². The highest BCUT2D eigenvalue weighted by Gasteiger charge is 2.49. The Balaban J connectivity index is 1.90. The summed E-state index contributed by atoms with van der Waals surface area (Å²) in [5, 5.41) is 0.293. The van der Waals surface area contributed by atoms with E-state index in [0.29, 0.717) is 9.96 Å². The standard InChI is InChI=1S/C18H17FN2O6/c1-18(2,3)17(26)27-21-12(22)8-7-11(15(21)24)20-14(23)9-5-4-6-10(19)13(9)16(20)25/h4-6,11H,7-8H2,1-3H3. The van der Waals surface area contributed by atoms with Crippen LogP contribution in [0.4, 0.5) is 4.39 Å². The molecule has 1 saturated heterocycles. The maximum Gasteiger partial charge on any atom is 0.338 e. The third kappa shape index (κ3) is 2.98. The molecule has 2 heterocycles. The van der Waals surface area contributed by atoms with Crippen LogP contribution in [0.3, 0.4) is 0 Å². The molecule has 2 aliphatic rings. The van der Waals surface area contributed by atoms with Gasteiger partial charge in [-0.3, -0.25) is 24.1 Å². The molecule has 27 heavy (non-hydrogen) atoms. The van der Waals surface area contributed by atoms with E-state index >= 15 is 0 Å². The second kappa shape index (κ2) is 6.26. The van der Waals surface area contributed by atoms with E-state index in [4.69, 9.17) is 4.84 Å². The number of nitrogens with zero attached hydrogens (tertiary/aromatic N) is 2. The molecule has 9 heteroatoms. The number of hydrogen-bond acceptors (Lipinski definition) is 6. The van der Waals surface area contributed by atoms with Crippen molar-refractivity contribution in [3.05, 3.63) is 35.1 Å². The summed E-state index contributed by atoms with van der Waals surface area (Å²) in [5.74, 6) is -5.25. The molecule has 0 aliphatic carbocycles. The average molecular weight is 376 g/mol. The average Bonchev–Trinajstić information content (AvgIpc) is 2.83. The third-order valence-corrected chi connectivity index (χ3v) is 4.34. The van der Waals surface area contributed by atoms with Crippen molar-refractivity contribution in [1.82, 2.24) is 9.96 Å². The predicted octanol–water partition coefficient (Wildman–Crippen LogP) is 1.44. The lowest BCUT2D eigenvalue weighted by atomic mass is 9.97. The normalized spacial score (nSPS) is 20.2. The molecule has 0 bridgehead atoms. The fraction of sp³-hybridized carbons (Fsp3) is 0.389. The maximum atomic E-state index is 14.0. The van der Waals surface area contributed by atoms with Crippen LogP contribution < -0.4 is 0 Å². The Kier molecular flexibility index (Phi) is 4.33. The van der Waals surface area contributed by atoms with E-state index in [1.54, 1.807) is 20.8 Å². The molecular weight excluding hydrogens is 359 g/mol. The van der Waals surface area contributed by atoms with E-state index < -0.39 is 52.4 Å². The van der Waals surface area contributed by atoms with E-state index in [0.717, 1.165) is 6.07 Å². The first kappa shape index (κ1) is 18.7. The van der Waals surface area contributed by atoms with Crippen LogP contribution in [0.1, 0.15) is 54.3 Å². The topological polar surface area (TPSA) is 101 Å². The molecular formula is C18H17FN2O6. The number of hydrogen-bond donors (Lipinski definition) is 0. The lowest BCUT2D eigenvalue weighted by molar-refractivity contribution is -0.213. The molecule has 8 nitrogen and oxygen atoms in total. The number of imide groups is 2. The van der Waals surface area contributed by atoms with Crippen LogP contribution in [-0.4, -0.2) is 45.6 Å². The summed E-state index contributed by atoms with van der Waals surface area (Å²) in [6.45, 7) is 4.62. The monoisotopic (exact) mass is 376 g/mol. The highest BCUT2D eigenvalue weighted by Crippen LogP contribution is 2.31. The molecule has 3 rings (SSSR count). The second-order valence-electron chi connectivity index (χ2n) is 7.35. The lowest BCUT2D eigenvalue weighted by Gasteiger charge is -2.33. The van der Waals surface area contributed by atoms with Crippen molar-refractivity contribution in [3.63, 3.8) is 0 Å². The quantitative estimate of drug-likeness (QED) is 0.724. The van der Waals surface area contributed by atoms with Crippen LogP contribution in [0.25, 0.3) is 0 Å². The van der Waals surface area contributed by atoms with Gasteiger partial charge in [0.25, 0.3) is 23.6 Å². The van der Waals surface area contributed by atoms with Gasteiger partial charge in [-0.25, -0.2) is 9.18 Å². The predicted molar refractivity (Wildman–Crippen MR) is 87.3 cm³/mol. The van der Waals surface area contributed by atoms with Crippen LogP contribution >= 0.6 is 0 Å². The second-order valence-corrected chi connectivity index (χ2v) is 7.35. The van der Waals surface area contributed by atoms with Gasteiger partial charge >= 0.3 is 5.97 Å². The van der Waals surface area contributed by atoms with E-state index in [1.165, 1.54) is 12.1 Å². The molecule has 4 amide bonds. The summed E-state index contributed by atoms with van der Waals surface area (Å²) in [6.07, 6.45) is -0.349. The fourth-order valence-electron chi connectivity index (χ4n) is 2.84. The van der Waals surface area contributed by atoms with Crippen molar-refractivity contribution in [3.8, 4) is 0 Å². The summed E-state index contributed by atoms with van der Waals surface area (Å²) < 4.78 is 14.0. The molecule has 0 aromatic heterocycles. The van der Waals surface area contributed by atoms with Gasteiger partial charge in [-0.2, -0.15) is 0 Å². The van der Waals surface area contributed by atoms with E-state index in [1.807, 2.05) is 0 Å². The van der Waals surface area contributed by atoms with Gasteiger partial charge in [0.15, 0.2) is 0 Å². The first-order valence-electron chi connectivity index (χ1n) is 8.29. The van der Waals surface area contributed by atoms with Gasteiger partial charge in [0.05, 0.1) is 16.5 Å². The number of rotatable bonds is 2. The Labute approximate surface area is 153 Å². The van der Waals surface area contributed by atoms with Crippen molar-refractivity contribution in [2.45, 2.75) is 39.7 Å². The van der Waals surface area contributed by atoms with Crippen molar-refractivity contribution < 1.29 is 33.2 Å². The highest BCUT2D eigenvalue weighted by atomic mass is 19.1. The molecule has 0 N–H and O–H groups in total. The Hall–Kier alpha value is -3.10. The minimum absolute atomic E-state index is 0.131. The minimum Gasteiger partial charge on any atom is -0.330 e. The van der Waals surface area contributed by atoms with Crippen molar-refractivity contribution in [2.24, 2.45) is 5.41 Å². The molecule has 1 unspecified atom stereocenters. The van der Waals surface area contributed by atoms with Gasteiger partial charge in [0.2, 0.25) is 0 Å². The molecule has 0 spiro atoms. The Morgan fingerprint density at radius 2 is 1.81 bits per heavy atom. The zero-order chi connectivity index (χ0) is 20.1. The van der Waals surface area contributed by atoms with E-state index in [2.05, 4.69) is 0 Å². The number of piperidine rings is 1. The van der Waals surface area contributed by atoms with Crippen molar-refractivity contribution >= 4 is 29.6 Å². The molecule has 0 radical (unpaired) electrons. The maximum absolute atomic E-state index is 14.0. The Morgan fingerprint density at radius 3 is 2.41 bits per heavy atom. The largest absolute Gasteiger partial charge is 0.338 e. The van der Waals surface area contributed by atoms with Crippen LogP contribution in [0.15, 0.2) is 18.2 Å². The van der Waals surface area contributed by atoms with Crippen LogP contribution in [0.2, 0.25) is 0 Å². The van der Waals surface area contributed by atoms with Crippen molar-refractivity contribution in [2.75, 3.05) is 0 Å². The Morgan fingerprint density at radius 1 is 1.15 bits per heavy atom. The molecule has 1 fully saturated rings. The Bertz CT molecular complexity index is 888. The van der Waals surface area contributed by atoms with Crippen LogP contribution in [0.5, 0.6) is 0 Å². The zero-order valence-electron chi connectivity index (χ0n) is 14.9. The lowest BCUT2D eigenvalue weighted by Crippen LogP contribution is -2.56. The summed E-state index contributed by atoms with van der Waals surface area (Å²) in [7, 11) is 0. The van der Waals surface area contributed by atoms with Gasteiger partial charge < -0.3 is 4.84 Å². The molecule has 142 valence electrons. The zero-order valence-corrected chi connectivity index (χ0v) is 14.9. The summed E-state index contributed by atoms with van der Waals surface area (Å²) in [5.41, 5.74) is -1.54. The smallest absolute Gasteiger partial charge is 0.330 e. The number of fused-ring (bicyclic) bond motifs is 1. The number of amides is 4. The summed E-state index contributed by atoms with van der Waals surface area (Å²) >= 11 is 0. The summed E-state index contributed by atoms with van der Waals surface area (Å²) in [6, 6.07) is 2.25. The van der Waals surface area contributed by atoms with Crippen molar-refractivity contribution in [1.29, 1.82) is 0 Å². The van der Waals surface area contributed by atoms with Gasteiger partial charge in [-0.05, 0) is 39.3 Å². The van der Waals surface area contributed by atoms with Crippen LogP contribution in [-0.2, 0) is 19.2 Å². The number of benzene rings is 1. The molecule has 1 atom stereocenters. The molecule has 1 aromatic carbocycles. The SMILES string of the molecule is CC(C)(C)C(=O)ON1C(=O)CCC(N2C(=O)c3cccc(F)c3C2=O)C1=O. The first-order chi connectivity index (χ1) is 12.5. The highest BCUT2D eigenvalue weighted by molar-refractivity contribution is 6.23. The summed E-state index contributed by atoms with van der Waals surface area (Å²) in [4.78, 5) is 67.4. The minimum atomic E-state index is -1.36.